The fourth-order valence-corrected chi connectivity index (χ4v) is 3.16. The number of pyridine rings is 1. The van der Waals surface area contributed by atoms with Gasteiger partial charge in [-0.15, -0.1) is 0 Å². The van der Waals surface area contributed by atoms with Gasteiger partial charge < -0.3 is 5.32 Å². The summed E-state index contributed by atoms with van der Waals surface area (Å²) < 4.78 is 0. The van der Waals surface area contributed by atoms with E-state index < -0.39 is 0 Å². The van der Waals surface area contributed by atoms with Crippen molar-refractivity contribution in [3.8, 4) is 0 Å². The Kier molecular flexibility index (Phi) is 4.51. The van der Waals surface area contributed by atoms with Crippen LogP contribution >= 0.6 is 0 Å². The minimum Gasteiger partial charge on any atom is -0.313 e. The van der Waals surface area contributed by atoms with E-state index >= 15 is 0 Å². The van der Waals surface area contributed by atoms with Crippen LogP contribution in [-0.2, 0) is 6.54 Å². The zero-order valence-corrected chi connectivity index (χ0v) is 13.0. The maximum atomic E-state index is 4.39. The molecule has 0 radical (unpaired) electrons. The number of likely N-dealkylation sites (tertiary alicyclic amines) is 1. The zero-order valence-electron chi connectivity index (χ0n) is 13.0. The smallest absolute Gasteiger partial charge is 0.0702 e. The van der Waals surface area contributed by atoms with E-state index in [0.29, 0.717) is 12.1 Å². The van der Waals surface area contributed by atoms with Crippen molar-refractivity contribution >= 4 is 10.9 Å². The van der Waals surface area contributed by atoms with Crippen molar-refractivity contribution in [2.75, 3.05) is 13.1 Å². The van der Waals surface area contributed by atoms with Gasteiger partial charge in [0, 0.05) is 36.8 Å². The van der Waals surface area contributed by atoms with Crippen LogP contribution in [0.1, 0.15) is 32.3 Å². The molecule has 3 rings (SSSR count). The lowest BCUT2D eigenvalue weighted by molar-refractivity contribution is 0.236. The Morgan fingerprint density at radius 1 is 1.33 bits per heavy atom. The van der Waals surface area contributed by atoms with Gasteiger partial charge in [-0.2, -0.15) is 0 Å². The van der Waals surface area contributed by atoms with E-state index in [1.807, 2.05) is 12.3 Å². The normalized spacial score (nSPS) is 19.7. The number of hydrogen-bond donors (Lipinski definition) is 1. The van der Waals surface area contributed by atoms with Crippen LogP contribution < -0.4 is 5.32 Å². The lowest BCUT2D eigenvalue weighted by Crippen LogP contribution is -2.39. The molecule has 1 fully saturated rings. The van der Waals surface area contributed by atoms with E-state index in [2.05, 4.69) is 53.3 Å². The molecule has 1 atom stereocenters. The molecular formula is C18H25N3. The van der Waals surface area contributed by atoms with Crippen LogP contribution in [0.5, 0.6) is 0 Å². The van der Waals surface area contributed by atoms with Gasteiger partial charge in [0.2, 0.25) is 0 Å². The second-order valence-corrected chi connectivity index (χ2v) is 6.36. The van der Waals surface area contributed by atoms with Crippen molar-refractivity contribution in [2.24, 2.45) is 0 Å². The van der Waals surface area contributed by atoms with Crippen molar-refractivity contribution in [1.82, 2.24) is 15.2 Å². The largest absolute Gasteiger partial charge is 0.313 e. The molecule has 0 amide bonds. The van der Waals surface area contributed by atoms with Gasteiger partial charge in [-0.1, -0.05) is 26.0 Å². The number of hydrogen-bond acceptors (Lipinski definition) is 3. The molecule has 1 aliphatic heterocycles. The minimum atomic E-state index is 0.569. The van der Waals surface area contributed by atoms with Gasteiger partial charge in [0.25, 0.3) is 0 Å². The minimum absolute atomic E-state index is 0.569. The van der Waals surface area contributed by atoms with Crippen molar-refractivity contribution in [3.63, 3.8) is 0 Å². The summed E-state index contributed by atoms with van der Waals surface area (Å²) in [5, 5.41) is 4.82. The second kappa shape index (κ2) is 6.54. The summed E-state index contributed by atoms with van der Waals surface area (Å²) >= 11 is 0. The fourth-order valence-electron chi connectivity index (χ4n) is 3.16. The molecule has 3 heteroatoms. The highest BCUT2D eigenvalue weighted by Crippen LogP contribution is 2.21. The molecule has 112 valence electrons. The van der Waals surface area contributed by atoms with E-state index in [0.717, 1.165) is 18.6 Å². The molecule has 1 aromatic heterocycles. The molecule has 1 aliphatic rings. The Morgan fingerprint density at radius 3 is 3.10 bits per heavy atom. The molecule has 1 saturated heterocycles. The molecule has 2 aromatic rings. The summed E-state index contributed by atoms with van der Waals surface area (Å²) in [4.78, 5) is 7.01. The maximum Gasteiger partial charge on any atom is 0.0702 e. The number of fused-ring (bicyclic) bond motifs is 1. The summed E-state index contributed by atoms with van der Waals surface area (Å²) in [6.07, 6.45) is 4.49. The Labute approximate surface area is 127 Å². The average Bonchev–Trinajstić information content (AvgIpc) is 2.92. The number of benzene rings is 1. The predicted octanol–water partition coefficient (Wildman–Crippen LogP) is 3.20. The van der Waals surface area contributed by atoms with Crippen molar-refractivity contribution < 1.29 is 0 Å². The lowest BCUT2D eigenvalue weighted by Gasteiger charge is -2.25. The third-order valence-corrected chi connectivity index (χ3v) is 4.31. The molecule has 0 bridgehead atoms. The van der Waals surface area contributed by atoms with Crippen LogP contribution in [0.15, 0.2) is 36.5 Å². The molecule has 0 saturated carbocycles. The van der Waals surface area contributed by atoms with Crippen molar-refractivity contribution in [1.29, 1.82) is 0 Å². The van der Waals surface area contributed by atoms with Gasteiger partial charge in [-0.05, 0) is 43.1 Å². The summed E-state index contributed by atoms with van der Waals surface area (Å²) in [6.45, 7) is 7.81. The van der Waals surface area contributed by atoms with Gasteiger partial charge in [0.1, 0.15) is 0 Å². The molecular weight excluding hydrogens is 258 g/mol. The first-order valence-electron chi connectivity index (χ1n) is 8.03. The van der Waals surface area contributed by atoms with Gasteiger partial charge in [0.05, 0.1) is 5.52 Å². The number of nitrogens with one attached hydrogen (secondary N) is 1. The number of rotatable bonds is 5. The monoisotopic (exact) mass is 283 g/mol. The second-order valence-electron chi connectivity index (χ2n) is 6.36. The van der Waals surface area contributed by atoms with Gasteiger partial charge in [-0.3, -0.25) is 9.88 Å². The molecule has 2 heterocycles. The van der Waals surface area contributed by atoms with E-state index in [1.54, 1.807) is 0 Å². The summed E-state index contributed by atoms with van der Waals surface area (Å²) in [6, 6.07) is 12.1. The van der Waals surface area contributed by atoms with Crippen LogP contribution in [-0.4, -0.2) is 35.1 Å². The third-order valence-electron chi connectivity index (χ3n) is 4.31. The highest BCUT2D eigenvalue weighted by atomic mass is 15.2. The molecule has 1 unspecified atom stereocenters. The summed E-state index contributed by atoms with van der Waals surface area (Å²) in [7, 11) is 0. The van der Waals surface area contributed by atoms with Gasteiger partial charge >= 0.3 is 0 Å². The first-order valence-corrected chi connectivity index (χ1v) is 8.03. The van der Waals surface area contributed by atoms with Crippen LogP contribution in [0.3, 0.4) is 0 Å². The third kappa shape index (κ3) is 3.60. The zero-order chi connectivity index (χ0) is 14.7. The Bertz CT molecular complexity index is 594. The van der Waals surface area contributed by atoms with Crippen molar-refractivity contribution in [3.05, 3.63) is 42.1 Å². The fraction of sp³-hybridized carbons (Fsp3) is 0.500. The summed E-state index contributed by atoms with van der Waals surface area (Å²) in [5.74, 6) is 0. The average molecular weight is 283 g/mol. The van der Waals surface area contributed by atoms with Crippen LogP contribution in [0, 0.1) is 0 Å². The quantitative estimate of drug-likeness (QED) is 0.913. The van der Waals surface area contributed by atoms with E-state index in [9.17, 15) is 0 Å². The number of nitrogens with zero attached hydrogens (tertiary/aromatic N) is 2. The van der Waals surface area contributed by atoms with E-state index in [4.69, 9.17) is 0 Å². The molecule has 3 nitrogen and oxygen atoms in total. The highest BCUT2D eigenvalue weighted by molar-refractivity contribution is 5.78. The SMILES string of the molecule is CC(C)NCC1CCCN1Cc1ccc2ncccc2c1. The predicted molar refractivity (Wildman–Crippen MR) is 88.3 cm³/mol. The molecule has 1 aromatic carbocycles. The van der Waals surface area contributed by atoms with Crippen LogP contribution in [0.25, 0.3) is 10.9 Å². The lowest BCUT2D eigenvalue weighted by atomic mass is 10.1. The van der Waals surface area contributed by atoms with E-state index in [-0.39, 0.29) is 0 Å². The van der Waals surface area contributed by atoms with Crippen molar-refractivity contribution in [2.45, 2.75) is 45.3 Å². The topological polar surface area (TPSA) is 28.2 Å². The first kappa shape index (κ1) is 14.5. The maximum absolute atomic E-state index is 4.39. The Balaban J connectivity index is 1.68. The van der Waals surface area contributed by atoms with Gasteiger partial charge in [-0.25, -0.2) is 0 Å². The van der Waals surface area contributed by atoms with E-state index in [1.165, 1.54) is 30.3 Å². The van der Waals surface area contributed by atoms with Gasteiger partial charge in [0.15, 0.2) is 0 Å². The summed E-state index contributed by atoms with van der Waals surface area (Å²) in [5.41, 5.74) is 2.48. The molecule has 0 aliphatic carbocycles. The molecule has 0 spiro atoms. The van der Waals surface area contributed by atoms with Crippen LogP contribution in [0.4, 0.5) is 0 Å². The Hall–Kier alpha value is -1.45. The standard InChI is InChI=1S/C18H25N3/c1-14(2)20-12-17-6-4-10-21(17)13-15-7-8-18-16(11-15)5-3-9-19-18/h3,5,7-9,11,14,17,20H,4,6,10,12-13H2,1-2H3. The molecule has 21 heavy (non-hydrogen) atoms. The van der Waals surface area contributed by atoms with Crippen LogP contribution in [0.2, 0.25) is 0 Å². The molecule has 1 N–H and O–H groups in total. The Morgan fingerprint density at radius 2 is 2.24 bits per heavy atom. The first-order chi connectivity index (χ1) is 10.2. The number of aromatic nitrogens is 1. The highest BCUT2D eigenvalue weighted by Gasteiger charge is 2.24.